The molecule has 0 fully saturated rings. The van der Waals surface area contributed by atoms with E-state index in [4.69, 9.17) is 0 Å². The maximum absolute atomic E-state index is 11.4. The highest BCUT2D eigenvalue weighted by molar-refractivity contribution is 5.94. The molecule has 0 bridgehead atoms. The number of likely N-dealkylation sites (N-methyl/N-ethyl adjacent to an activating group) is 1. The number of hydrogen-bond donors (Lipinski definition) is 2. The number of rotatable bonds is 4. The molecule has 2 N–H and O–H groups in total. The van der Waals surface area contributed by atoms with Gasteiger partial charge in [0.15, 0.2) is 5.82 Å². The third kappa shape index (κ3) is 2.56. The van der Waals surface area contributed by atoms with Crippen LogP contribution < -0.4 is 10.6 Å². The zero-order valence-corrected chi connectivity index (χ0v) is 10.5. The fourth-order valence-electron chi connectivity index (χ4n) is 1.79. The van der Waals surface area contributed by atoms with Crippen LogP contribution in [0.15, 0.2) is 24.3 Å². The summed E-state index contributed by atoms with van der Waals surface area (Å²) in [7, 11) is 0. The Kier molecular flexibility index (Phi) is 3.72. The molecule has 0 saturated heterocycles. The molecule has 5 heteroatoms. The Balaban J connectivity index is 2.24. The number of fused-ring (bicyclic) bond motifs is 1. The van der Waals surface area contributed by atoms with Gasteiger partial charge < -0.3 is 10.6 Å². The molecule has 1 amide bonds. The number of amides is 1. The molecule has 1 heterocycles. The second-order valence-electron chi connectivity index (χ2n) is 3.99. The largest absolute Gasteiger partial charge is 0.359 e. The van der Waals surface area contributed by atoms with Gasteiger partial charge in [-0.25, -0.2) is 0 Å². The Bertz CT molecular complexity index is 568. The lowest BCUT2D eigenvalue weighted by Crippen LogP contribution is -2.29. The first-order valence-corrected chi connectivity index (χ1v) is 5.95. The van der Waals surface area contributed by atoms with Crippen molar-refractivity contribution in [3.05, 3.63) is 30.0 Å². The molecule has 2 rings (SSSR count). The topological polar surface area (TPSA) is 66.9 Å². The number of anilines is 1. The van der Waals surface area contributed by atoms with Crippen LogP contribution in [0.1, 0.15) is 12.6 Å². The molecule has 0 unspecified atom stereocenters. The summed E-state index contributed by atoms with van der Waals surface area (Å²) in [6.07, 6.45) is 0. The monoisotopic (exact) mass is 244 g/mol. The van der Waals surface area contributed by atoms with Crippen molar-refractivity contribution < 1.29 is 4.79 Å². The lowest BCUT2D eigenvalue weighted by Gasteiger charge is -2.09. The highest BCUT2D eigenvalue weighted by Gasteiger charge is 2.07. The fraction of sp³-hybridized carbons (Fsp3) is 0.308. The van der Waals surface area contributed by atoms with Gasteiger partial charge in [0.25, 0.3) is 0 Å². The van der Waals surface area contributed by atoms with Crippen LogP contribution in [-0.4, -0.2) is 29.2 Å². The van der Waals surface area contributed by atoms with E-state index < -0.39 is 0 Å². The van der Waals surface area contributed by atoms with Crippen molar-refractivity contribution in [1.82, 2.24) is 15.5 Å². The summed E-state index contributed by atoms with van der Waals surface area (Å²) in [4.78, 5) is 11.4. The minimum atomic E-state index is -0.0519. The van der Waals surface area contributed by atoms with Crippen molar-refractivity contribution in [2.45, 2.75) is 13.8 Å². The van der Waals surface area contributed by atoms with Gasteiger partial charge in [-0.05, 0) is 13.8 Å². The Morgan fingerprint density at radius 1 is 1.22 bits per heavy atom. The van der Waals surface area contributed by atoms with Crippen molar-refractivity contribution in [2.75, 3.05) is 18.4 Å². The van der Waals surface area contributed by atoms with Crippen molar-refractivity contribution in [2.24, 2.45) is 0 Å². The van der Waals surface area contributed by atoms with E-state index in [1.807, 2.05) is 38.1 Å². The molecule has 94 valence electrons. The third-order valence-electron chi connectivity index (χ3n) is 2.66. The summed E-state index contributed by atoms with van der Waals surface area (Å²) >= 11 is 0. The van der Waals surface area contributed by atoms with Crippen LogP contribution in [0.5, 0.6) is 0 Å². The molecule has 1 aromatic heterocycles. The van der Waals surface area contributed by atoms with E-state index >= 15 is 0 Å². The molecular weight excluding hydrogens is 228 g/mol. The first-order chi connectivity index (χ1) is 8.72. The van der Waals surface area contributed by atoms with Crippen LogP contribution in [0.25, 0.3) is 10.8 Å². The first kappa shape index (κ1) is 12.3. The average Bonchev–Trinajstić information content (AvgIpc) is 2.39. The summed E-state index contributed by atoms with van der Waals surface area (Å²) in [5.74, 6) is 0.589. The Morgan fingerprint density at radius 3 is 2.67 bits per heavy atom. The molecule has 1 aromatic carbocycles. The van der Waals surface area contributed by atoms with E-state index in [-0.39, 0.29) is 12.5 Å². The smallest absolute Gasteiger partial charge is 0.239 e. The summed E-state index contributed by atoms with van der Waals surface area (Å²) < 4.78 is 0. The second kappa shape index (κ2) is 5.44. The van der Waals surface area contributed by atoms with Gasteiger partial charge >= 0.3 is 0 Å². The molecule has 0 radical (unpaired) electrons. The minimum absolute atomic E-state index is 0.0519. The summed E-state index contributed by atoms with van der Waals surface area (Å²) in [5.41, 5.74) is 0.883. The van der Waals surface area contributed by atoms with Gasteiger partial charge in [0.1, 0.15) is 0 Å². The van der Waals surface area contributed by atoms with E-state index in [2.05, 4.69) is 20.8 Å². The molecule has 0 aliphatic rings. The van der Waals surface area contributed by atoms with Crippen molar-refractivity contribution >= 4 is 22.5 Å². The number of nitrogens with zero attached hydrogens (tertiary/aromatic N) is 2. The maximum atomic E-state index is 11.4. The first-order valence-electron chi connectivity index (χ1n) is 5.95. The van der Waals surface area contributed by atoms with E-state index in [1.54, 1.807) is 0 Å². The van der Waals surface area contributed by atoms with Crippen LogP contribution >= 0.6 is 0 Å². The van der Waals surface area contributed by atoms with Crippen LogP contribution in [0, 0.1) is 6.92 Å². The Hall–Kier alpha value is -2.17. The molecule has 2 aromatic rings. The molecule has 0 aliphatic heterocycles. The molecule has 0 aliphatic carbocycles. The molecule has 0 spiro atoms. The van der Waals surface area contributed by atoms with Gasteiger partial charge in [0.05, 0.1) is 12.2 Å². The quantitative estimate of drug-likeness (QED) is 0.855. The number of aromatic nitrogens is 2. The van der Waals surface area contributed by atoms with Crippen LogP contribution in [0.2, 0.25) is 0 Å². The van der Waals surface area contributed by atoms with Gasteiger partial charge in [-0.15, -0.1) is 5.10 Å². The predicted octanol–water partition coefficient (Wildman–Crippen LogP) is 1.49. The second-order valence-corrected chi connectivity index (χ2v) is 3.99. The summed E-state index contributed by atoms with van der Waals surface area (Å²) in [6.45, 7) is 4.64. The molecule has 0 atom stereocenters. The molecular formula is C13H16N4O. The van der Waals surface area contributed by atoms with Crippen molar-refractivity contribution in [3.8, 4) is 0 Å². The fourth-order valence-corrected chi connectivity index (χ4v) is 1.79. The summed E-state index contributed by atoms with van der Waals surface area (Å²) in [6, 6.07) is 7.87. The number of hydrogen-bond acceptors (Lipinski definition) is 4. The predicted molar refractivity (Wildman–Crippen MR) is 71.4 cm³/mol. The van der Waals surface area contributed by atoms with Crippen molar-refractivity contribution in [1.29, 1.82) is 0 Å². The van der Waals surface area contributed by atoms with E-state index in [0.29, 0.717) is 12.4 Å². The standard InChI is InChI=1S/C13H16N4O/c1-3-14-12(18)8-15-13-11-7-5-4-6-10(11)9(2)16-17-13/h4-7H,3,8H2,1-2H3,(H,14,18)(H,15,17). The third-order valence-corrected chi connectivity index (χ3v) is 2.66. The summed E-state index contributed by atoms with van der Waals surface area (Å²) in [5, 5.41) is 16.0. The van der Waals surface area contributed by atoms with Crippen molar-refractivity contribution in [3.63, 3.8) is 0 Å². The zero-order chi connectivity index (χ0) is 13.0. The van der Waals surface area contributed by atoms with Crippen LogP contribution in [0.4, 0.5) is 5.82 Å². The number of benzene rings is 1. The highest BCUT2D eigenvalue weighted by atomic mass is 16.1. The number of nitrogens with one attached hydrogen (secondary N) is 2. The highest BCUT2D eigenvalue weighted by Crippen LogP contribution is 2.21. The van der Waals surface area contributed by atoms with Crippen LogP contribution in [-0.2, 0) is 4.79 Å². The lowest BCUT2D eigenvalue weighted by molar-refractivity contribution is -0.119. The number of aryl methyl sites for hydroxylation is 1. The van der Waals surface area contributed by atoms with Gasteiger partial charge in [-0.2, -0.15) is 5.10 Å². The van der Waals surface area contributed by atoms with Gasteiger partial charge in [-0.3, -0.25) is 4.79 Å². The number of carbonyl (C=O) groups is 1. The van der Waals surface area contributed by atoms with Gasteiger partial charge in [-0.1, -0.05) is 24.3 Å². The lowest BCUT2D eigenvalue weighted by atomic mass is 10.1. The molecule has 5 nitrogen and oxygen atoms in total. The Labute approximate surface area is 106 Å². The van der Waals surface area contributed by atoms with Gasteiger partial charge in [0.2, 0.25) is 5.91 Å². The molecule has 18 heavy (non-hydrogen) atoms. The maximum Gasteiger partial charge on any atom is 0.239 e. The number of carbonyl (C=O) groups excluding carboxylic acids is 1. The van der Waals surface area contributed by atoms with Gasteiger partial charge in [0, 0.05) is 17.3 Å². The zero-order valence-electron chi connectivity index (χ0n) is 10.5. The van der Waals surface area contributed by atoms with Crippen LogP contribution in [0.3, 0.4) is 0 Å². The van der Waals surface area contributed by atoms with E-state index in [1.165, 1.54) is 0 Å². The normalized spacial score (nSPS) is 10.3. The average molecular weight is 244 g/mol. The SMILES string of the molecule is CCNC(=O)CNc1nnc(C)c2ccccc12. The Morgan fingerprint density at radius 2 is 1.94 bits per heavy atom. The van der Waals surface area contributed by atoms with E-state index in [9.17, 15) is 4.79 Å². The van der Waals surface area contributed by atoms with E-state index in [0.717, 1.165) is 16.5 Å². The minimum Gasteiger partial charge on any atom is -0.359 e. The molecule has 0 saturated carbocycles.